The Morgan fingerprint density at radius 3 is 2.39 bits per heavy atom. The van der Waals surface area contributed by atoms with Crippen LogP contribution in [0.5, 0.6) is 0 Å². The van der Waals surface area contributed by atoms with Crippen LogP contribution in [0, 0.1) is 6.92 Å². The van der Waals surface area contributed by atoms with Gasteiger partial charge in [0, 0.05) is 6.54 Å². The van der Waals surface area contributed by atoms with E-state index in [9.17, 15) is 13.2 Å². The van der Waals surface area contributed by atoms with Crippen molar-refractivity contribution < 1.29 is 17.9 Å². The SMILES string of the molecule is Cc1ccc(S(=O)(=O)[C@H]2C[C@@]2(CN)NC(=O)OC(C)(C)C)cc1. The molecule has 0 unspecified atom stereocenters. The fraction of sp³-hybridized carbons (Fsp3) is 0.562. The lowest BCUT2D eigenvalue weighted by atomic mass is 10.2. The van der Waals surface area contributed by atoms with Gasteiger partial charge in [0.25, 0.3) is 0 Å². The van der Waals surface area contributed by atoms with Gasteiger partial charge in [-0.2, -0.15) is 0 Å². The molecule has 0 bridgehead atoms. The molecule has 2 atom stereocenters. The Hall–Kier alpha value is -1.60. The van der Waals surface area contributed by atoms with E-state index in [1.165, 1.54) is 0 Å². The lowest BCUT2D eigenvalue weighted by Gasteiger charge is -2.23. The molecule has 23 heavy (non-hydrogen) atoms. The average molecular weight is 340 g/mol. The minimum absolute atomic E-state index is 0.0437. The third-order valence-corrected chi connectivity index (χ3v) is 6.14. The van der Waals surface area contributed by atoms with Crippen molar-refractivity contribution >= 4 is 15.9 Å². The number of amides is 1. The fourth-order valence-electron chi connectivity index (χ4n) is 2.48. The highest BCUT2D eigenvalue weighted by molar-refractivity contribution is 7.92. The maximum absolute atomic E-state index is 12.7. The molecule has 0 radical (unpaired) electrons. The third-order valence-electron chi connectivity index (χ3n) is 3.84. The van der Waals surface area contributed by atoms with E-state index < -0.39 is 32.3 Å². The van der Waals surface area contributed by atoms with Crippen molar-refractivity contribution in [2.24, 2.45) is 5.73 Å². The number of ether oxygens (including phenoxy) is 1. The van der Waals surface area contributed by atoms with Gasteiger partial charge in [-0.25, -0.2) is 13.2 Å². The Kier molecular flexibility index (Phi) is 4.47. The predicted molar refractivity (Wildman–Crippen MR) is 87.9 cm³/mol. The summed E-state index contributed by atoms with van der Waals surface area (Å²) >= 11 is 0. The smallest absolute Gasteiger partial charge is 0.408 e. The molecule has 1 saturated carbocycles. The Morgan fingerprint density at radius 1 is 1.35 bits per heavy atom. The zero-order valence-corrected chi connectivity index (χ0v) is 14.7. The number of carbonyl (C=O) groups is 1. The number of sulfone groups is 1. The number of alkyl carbamates (subject to hydrolysis) is 1. The van der Waals surface area contributed by atoms with Gasteiger partial charge in [-0.1, -0.05) is 17.7 Å². The zero-order valence-electron chi connectivity index (χ0n) is 13.9. The Labute approximate surface area is 137 Å². The molecule has 1 aliphatic carbocycles. The molecular formula is C16H24N2O4S. The molecular weight excluding hydrogens is 316 g/mol. The standard InChI is InChI=1S/C16H24N2O4S/c1-11-5-7-12(8-6-11)23(20,21)13-9-16(13,10-17)18-14(19)22-15(2,3)4/h5-8,13H,9-10,17H2,1-4H3,(H,18,19)/t13-,16-/m0/s1. The van der Waals surface area contributed by atoms with Gasteiger partial charge in [0.05, 0.1) is 15.7 Å². The summed E-state index contributed by atoms with van der Waals surface area (Å²) in [4.78, 5) is 12.2. The van der Waals surface area contributed by atoms with Gasteiger partial charge in [-0.15, -0.1) is 0 Å². The van der Waals surface area contributed by atoms with Gasteiger partial charge in [0.2, 0.25) is 0 Å². The molecule has 128 valence electrons. The second-order valence-electron chi connectivity index (χ2n) is 7.04. The van der Waals surface area contributed by atoms with Crippen LogP contribution in [0.2, 0.25) is 0 Å². The number of hydrogen-bond acceptors (Lipinski definition) is 5. The molecule has 7 heteroatoms. The van der Waals surface area contributed by atoms with E-state index >= 15 is 0 Å². The normalized spacial score (nSPS) is 24.1. The number of nitrogens with two attached hydrogens (primary N) is 1. The summed E-state index contributed by atoms with van der Waals surface area (Å²) in [6, 6.07) is 6.66. The molecule has 0 aromatic heterocycles. The van der Waals surface area contributed by atoms with Crippen molar-refractivity contribution in [3.8, 4) is 0 Å². The monoisotopic (exact) mass is 340 g/mol. The van der Waals surface area contributed by atoms with Crippen molar-refractivity contribution in [1.82, 2.24) is 5.32 Å². The van der Waals surface area contributed by atoms with E-state index in [0.29, 0.717) is 6.42 Å². The molecule has 0 heterocycles. The van der Waals surface area contributed by atoms with Crippen molar-refractivity contribution in [2.45, 2.75) is 55.4 Å². The molecule has 6 nitrogen and oxygen atoms in total. The number of carbonyl (C=O) groups excluding carboxylic acids is 1. The summed E-state index contributed by atoms with van der Waals surface area (Å²) in [5.74, 6) is 0. The van der Waals surface area contributed by atoms with Crippen LogP contribution in [0.25, 0.3) is 0 Å². The molecule has 1 amide bonds. The minimum Gasteiger partial charge on any atom is -0.444 e. The lowest BCUT2D eigenvalue weighted by Crippen LogP contribution is -2.48. The molecule has 2 rings (SSSR count). The van der Waals surface area contributed by atoms with Crippen molar-refractivity contribution in [3.63, 3.8) is 0 Å². The summed E-state index contributed by atoms with van der Waals surface area (Å²) in [5.41, 5.74) is 5.11. The second kappa shape index (κ2) is 5.79. The van der Waals surface area contributed by atoms with Crippen molar-refractivity contribution in [1.29, 1.82) is 0 Å². The van der Waals surface area contributed by atoms with Crippen LogP contribution in [-0.2, 0) is 14.6 Å². The van der Waals surface area contributed by atoms with E-state index in [4.69, 9.17) is 10.5 Å². The van der Waals surface area contributed by atoms with E-state index in [1.54, 1.807) is 45.0 Å². The van der Waals surface area contributed by atoms with E-state index in [1.807, 2.05) is 6.92 Å². The van der Waals surface area contributed by atoms with Gasteiger partial charge >= 0.3 is 6.09 Å². The second-order valence-corrected chi connectivity index (χ2v) is 9.17. The Bertz CT molecular complexity index is 692. The Balaban J connectivity index is 2.16. The highest BCUT2D eigenvalue weighted by Gasteiger charge is 2.62. The first kappa shape index (κ1) is 17.7. The molecule has 0 saturated heterocycles. The maximum atomic E-state index is 12.7. The molecule has 1 aliphatic rings. The summed E-state index contributed by atoms with van der Waals surface area (Å²) in [7, 11) is -3.54. The highest BCUT2D eigenvalue weighted by atomic mass is 32.2. The third kappa shape index (κ3) is 3.84. The largest absolute Gasteiger partial charge is 0.444 e. The number of hydrogen-bond donors (Lipinski definition) is 2. The lowest BCUT2D eigenvalue weighted by molar-refractivity contribution is 0.0499. The summed E-state index contributed by atoms with van der Waals surface area (Å²) in [6.45, 7) is 7.17. The molecule has 0 spiro atoms. The van der Waals surface area contributed by atoms with Crippen LogP contribution >= 0.6 is 0 Å². The number of nitrogens with one attached hydrogen (secondary N) is 1. The van der Waals surface area contributed by atoms with Gasteiger partial charge in [0.1, 0.15) is 5.60 Å². The first-order chi connectivity index (χ1) is 10.5. The summed E-state index contributed by atoms with van der Waals surface area (Å²) in [6.07, 6.45) is -0.358. The first-order valence-corrected chi connectivity index (χ1v) is 9.07. The van der Waals surface area contributed by atoms with Gasteiger partial charge in [-0.05, 0) is 46.2 Å². The molecule has 3 N–H and O–H groups in total. The van der Waals surface area contributed by atoms with Crippen LogP contribution < -0.4 is 11.1 Å². The topological polar surface area (TPSA) is 98.5 Å². The van der Waals surface area contributed by atoms with Crippen LogP contribution in [0.4, 0.5) is 4.79 Å². The molecule has 1 fully saturated rings. The maximum Gasteiger partial charge on any atom is 0.408 e. The molecule has 1 aromatic carbocycles. The van der Waals surface area contributed by atoms with Gasteiger partial charge < -0.3 is 15.8 Å². The predicted octanol–water partition coefficient (Wildman–Crippen LogP) is 1.76. The van der Waals surface area contributed by atoms with Crippen LogP contribution in [-0.4, -0.2) is 37.4 Å². The van der Waals surface area contributed by atoms with Gasteiger partial charge in [0.15, 0.2) is 9.84 Å². The quantitative estimate of drug-likeness (QED) is 0.870. The fourth-order valence-corrected chi connectivity index (χ4v) is 4.58. The Morgan fingerprint density at radius 2 is 1.91 bits per heavy atom. The van der Waals surface area contributed by atoms with Crippen LogP contribution in [0.1, 0.15) is 32.8 Å². The van der Waals surface area contributed by atoms with Crippen molar-refractivity contribution in [3.05, 3.63) is 29.8 Å². The zero-order chi connectivity index (χ0) is 17.5. The highest BCUT2D eigenvalue weighted by Crippen LogP contribution is 2.44. The molecule has 1 aromatic rings. The molecule has 0 aliphatic heterocycles. The summed E-state index contributed by atoms with van der Waals surface area (Å²) < 4.78 is 30.6. The van der Waals surface area contributed by atoms with Crippen LogP contribution in [0.3, 0.4) is 0 Å². The van der Waals surface area contributed by atoms with Crippen LogP contribution in [0.15, 0.2) is 29.2 Å². The minimum atomic E-state index is -3.54. The van der Waals surface area contributed by atoms with E-state index in [2.05, 4.69) is 5.32 Å². The van der Waals surface area contributed by atoms with E-state index in [-0.39, 0.29) is 11.4 Å². The number of aryl methyl sites for hydroxylation is 1. The number of rotatable bonds is 4. The van der Waals surface area contributed by atoms with Gasteiger partial charge in [-0.3, -0.25) is 0 Å². The van der Waals surface area contributed by atoms with E-state index in [0.717, 1.165) is 5.56 Å². The number of benzene rings is 1. The average Bonchev–Trinajstić information content (AvgIpc) is 3.12. The summed E-state index contributed by atoms with van der Waals surface area (Å²) in [5, 5.41) is 1.92. The first-order valence-electron chi connectivity index (χ1n) is 7.52. The van der Waals surface area contributed by atoms with Crippen molar-refractivity contribution in [2.75, 3.05) is 6.54 Å².